The predicted octanol–water partition coefficient (Wildman–Crippen LogP) is 3.00. The summed E-state index contributed by atoms with van der Waals surface area (Å²) in [5.74, 6) is -0.169. The van der Waals surface area contributed by atoms with E-state index in [1.807, 2.05) is 6.07 Å². The standard InChI is InChI=1S/C12H13BrO4S/c13-8-1-2-10(12(14)15)11(5-8)18-6-9-3-4-16-7-17-9/h1-2,5,9H,3-4,6-7H2,(H,14,15). The highest BCUT2D eigenvalue weighted by atomic mass is 79.9. The van der Waals surface area contributed by atoms with Gasteiger partial charge in [0.25, 0.3) is 0 Å². The molecule has 98 valence electrons. The molecule has 1 aromatic carbocycles. The van der Waals surface area contributed by atoms with Crippen LogP contribution in [0, 0.1) is 0 Å². The van der Waals surface area contributed by atoms with E-state index in [0.717, 1.165) is 21.5 Å². The van der Waals surface area contributed by atoms with E-state index in [4.69, 9.17) is 14.6 Å². The molecule has 0 amide bonds. The monoisotopic (exact) mass is 332 g/mol. The van der Waals surface area contributed by atoms with Gasteiger partial charge in [0.1, 0.15) is 6.79 Å². The van der Waals surface area contributed by atoms with Crippen molar-refractivity contribution >= 4 is 33.7 Å². The number of hydrogen-bond donors (Lipinski definition) is 1. The van der Waals surface area contributed by atoms with E-state index >= 15 is 0 Å². The van der Waals surface area contributed by atoms with Crippen LogP contribution >= 0.6 is 27.7 Å². The lowest BCUT2D eigenvalue weighted by Gasteiger charge is -2.22. The highest BCUT2D eigenvalue weighted by molar-refractivity contribution is 9.10. The molecule has 1 aromatic rings. The number of ether oxygens (including phenoxy) is 2. The predicted molar refractivity (Wildman–Crippen MR) is 72.1 cm³/mol. The first kappa shape index (κ1) is 13.9. The molecule has 6 heteroatoms. The molecule has 18 heavy (non-hydrogen) atoms. The topological polar surface area (TPSA) is 55.8 Å². The van der Waals surface area contributed by atoms with Crippen LogP contribution in [0.25, 0.3) is 0 Å². The number of halogens is 1. The van der Waals surface area contributed by atoms with Crippen molar-refractivity contribution in [2.45, 2.75) is 17.4 Å². The highest BCUT2D eigenvalue weighted by Gasteiger charge is 2.17. The van der Waals surface area contributed by atoms with E-state index in [2.05, 4.69) is 15.9 Å². The number of aromatic carboxylic acids is 1. The molecule has 4 nitrogen and oxygen atoms in total. The van der Waals surface area contributed by atoms with Crippen molar-refractivity contribution in [1.82, 2.24) is 0 Å². The molecule has 0 aromatic heterocycles. The van der Waals surface area contributed by atoms with Gasteiger partial charge in [0.2, 0.25) is 0 Å². The van der Waals surface area contributed by atoms with Crippen LogP contribution in [-0.4, -0.2) is 36.3 Å². The fourth-order valence-corrected chi connectivity index (χ4v) is 3.27. The van der Waals surface area contributed by atoms with Gasteiger partial charge in [-0.05, 0) is 24.6 Å². The van der Waals surface area contributed by atoms with Crippen molar-refractivity contribution < 1.29 is 19.4 Å². The van der Waals surface area contributed by atoms with E-state index in [0.29, 0.717) is 19.0 Å². The first-order valence-corrected chi connectivity index (χ1v) is 7.29. The third-order valence-corrected chi connectivity index (χ3v) is 4.25. The molecule has 0 aliphatic carbocycles. The van der Waals surface area contributed by atoms with Gasteiger partial charge in [0.15, 0.2) is 0 Å². The van der Waals surface area contributed by atoms with E-state index in [9.17, 15) is 4.79 Å². The third-order valence-electron chi connectivity index (χ3n) is 2.57. The lowest BCUT2D eigenvalue weighted by atomic mass is 10.2. The molecule has 0 radical (unpaired) electrons. The molecule has 1 aliphatic rings. The van der Waals surface area contributed by atoms with Crippen molar-refractivity contribution in [3.05, 3.63) is 28.2 Å². The lowest BCUT2D eigenvalue weighted by Crippen LogP contribution is -2.25. The van der Waals surface area contributed by atoms with Crippen LogP contribution in [0.5, 0.6) is 0 Å². The van der Waals surface area contributed by atoms with Crippen molar-refractivity contribution in [2.75, 3.05) is 19.2 Å². The Morgan fingerprint density at radius 2 is 2.39 bits per heavy atom. The Bertz CT molecular complexity index is 432. The minimum atomic E-state index is -0.905. The van der Waals surface area contributed by atoms with Gasteiger partial charge in [0.05, 0.1) is 18.3 Å². The summed E-state index contributed by atoms with van der Waals surface area (Å²) in [5.41, 5.74) is 0.329. The van der Waals surface area contributed by atoms with E-state index in [1.165, 1.54) is 11.8 Å². The number of hydrogen-bond acceptors (Lipinski definition) is 4. The maximum absolute atomic E-state index is 11.1. The molecule has 0 saturated carbocycles. The van der Waals surface area contributed by atoms with Gasteiger partial charge in [0, 0.05) is 15.1 Å². The summed E-state index contributed by atoms with van der Waals surface area (Å²) in [6, 6.07) is 5.17. The minimum absolute atomic E-state index is 0.129. The first-order valence-electron chi connectivity index (χ1n) is 5.52. The number of thioether (sulfide) groups is 1. The van der Waals surface area contributed by atoms with Gasteiger partial charge in [-0.1, -0.05) is 15.9 Å². The van der Waals surface area contributed by atoms with Crippen LogP contribution in [0.4, 0.5) is 0 Å². The zero-order valence-electron chi connectivity index (χ0n) is 9.60. The fourth-order valence-electron chi connectivity index (χ4n) is 1.61. The van der Waals surface area contributed by atoms with Crippen molar-refractivity contribution in [2.24, 2.45) is 0 Å². The number of rotatable bonds is 4. The summed E-state index contributed by atoms with van der Waals surface area (Å²) in [5, 5.41) is 9.11. The van der Waals surface area contributed by atoms with Crippen LogP contribution in [0.1, 0.15) is 16.8 Å². The molecule has 2 rings (SSSR count). The van der Waals surface area contributed by atoms with Crippen LogP contribution < -0.4 is 0 Å². The minimum Gasteiger partial charge on any atom is -0.478 e. The Morgan fingerprint density at radius 1 is 1.56 bits per heavy atom. The average molecular weight is 333 g/mol. The summed E-state index contributed by atoms with van der Waals surface area (Å²) >= 11 is 4.86. The van der Waals surface area contributed by atoms with Crippen molar-refractivity contribution in [3.63, 3.8) is 0 Å². The van der Waals surface area contributed by atoms with Crippen molar-refractivity contribution in [3.8, 4) is 0 Å². The molecule has 1 atom stereocenters. The second-order valence-electron chi connectivity index (χ2n) is 3.86. The zero-order valence-corrected chi connectivity index (χ0v) is 12.0. The zero-order chi connectivity index (χ0) is 13.0. The van der Waals surface area contributed by atoms with Gasteiger partial charge < -0.3 is 14.6 Å². The molecule has 1 heterocycles. The number of carboxylic acid groups (broad SMARTS) is 1. The Labute approximate surface area is 118 Å². The molecule has 1 fully saturated rings. The Morgan fingerprint density at radius 3 is 3.06 bits per heavy atom. The lowest BCUT2D eigenvalue weighted by molar-refractivity contribution is -0.130. The number of benzene rings is 1. The summed E-state index contributed by atoms with van der Waals surface area (Å²) in [6.45, 7) is 1.03. The molecule has 0 spiro atoms. The Hall–Kier alpha value is -0.560. The highest BCUT2D eigenvalue weighted by Crippen LogP contribution is 2.28. The SMILES string of the molecule is O=C(O)c1ccc(Br)cc1SCC1CCOCO1. The summed E-state index contributed by atoms with van der Waals surface area (Å²) in [6.07, 6.45) is 0.980. The van der Waals surface area contributed by atoms with Gasteiger partial charge in [-0.15, -0.1) is 11.8 Å². The molecule has 1 aliphatic heterocycles. The van der Waals surface area contributed by atoms with Gasteiger partial charge in [-0.3, -0.25) is 0 Å². The largest absolute Gasteiger partial charge is 0.478 e. The van der Waals surface area contributed by atoms with Crippen LogP contribution in [0.15, 0.2) is 27.6 Å². The maximum atomic E-state index is 11.1. The number of carbonyl (C=O) groups is 1. The molecule has 1 saturated heterocycles. The van der Waals surface area contributed by atoms with Gasteiger partial charge in [-0.2, -0.15) is 0 Å². The molecule has 1 N–H and O–H groups in total. The Balaban J connectivity index is 2.03. The summed E-state index contributed by atoms with van der Waals surface area (Å²) < 4.78 is 11.4. The maximum Gasteiger partial charge on any atom is 0.336 e. The van der Waals surface area contributed by atoms with Crippen LogP contribution in [0.2, 0.25) is 0 Å². The second-order valence-corrected chi connectivity index (χ2v) is 5.84. The summed E-state index contributed by atoms with van der Waals surface area (Å²) in [7, 11) is 0. The molecule has 1 unspecified atom stereocenters. The van der Waals surface area contributed by atoms with Gasteiger partial charge in [-0.25, -0.2) is 4.79 Å². The quantitative estimate of drug-likeness (QED) is 0.859. The van der Waals surface area contributed by atoms with E-state index < -0.39 is 5.97 Å². The van der Waals surface area contributed by atoms with E-state index in [-0.39, 0.29) is 6.10 Å². The van der Waals surface area contributed by atoms with Gasteiger partial charge >= 0.3 is 5.97 Å². The normalized spacial score (nSPS) is 19.7. The van der Waals surface area contributed by atoms with Crippen molar-refractivity contribution in [1.29, 1.82) is 0 Å². The third kappa shape index (κ3) is 3.71. The smallest absolute Gasteiger partial charge is 0.336 e. The van der Waals surface area contributed by atoms with E-state index in [1.54, 1.807) is 12.1 Å². The Kier molecular flexibility index (Phi) is 5.05. The molecular weight excluding hydrogens is 320 g/mol. The second kappa shape index (κ2) is 6.56. The van der Waals surface area contributed by atoms with Crippen LogP contribution in [0.3, 0.4) is 0 Å². The fraction of sp³-hybridized carbons (Fsp3) is 0.417. The molecule has 0 bridgehead atoms. The number of carboxylic acids is 1. The molecular formula is C12H13BrO4S. The van der Waals surface area contributed by atoms with Crippen LogP contribution in [-0.2, 0) is 9.47 Å². The first-order chi connectivity index (χ1) is 8.66. The summed E-state index contributed by atoms with van der Waals surface area (Å²) in [4.78, 5) is 11.9. The average Bonchev–Trinajstić information content (AvgIpc) is 2.37.